The molecule has 0 aromatic carbocycles. The molecule has 1 N–H and O–H groups in total. The van der Waals surface area contributed by atoms with E-state index < -0.39 is 0 Å². The van der Waals surface area contributed by atoms with Crippen LogP contribution in [0.15, 0.2) is 29.1 Å². The van der Waals surface area contributed by atoms with Gasteiger partial charge in [-0.3, -0.25) is 9.59 Å². The number of aromatic nitrogens is 3. The number of nitrogens with one attached hydrogen (secondary N) is 1. The minimum atomic E-state index is -0.351. The third-order valence-electron chi connectivity index (χ3n) is 5.99. The molecule has 7 nitrogen and oxygen atoms in total. The number of carbonyl (C=O) groups is 1. The van der Waals surface area contributed by atoms with Crippen molar-refractivity contribution < 1.29 is 4.79 Å². The van der Waals surface area contributed by atoms with Gasteiger partial charge in [0.1, 0.15) is 6.04 Å². The molecule has 0 unspecified atom stereocenters. The molecule has 1 amide bonds. The molecule has 1 fully saturated rings. The van der Waals surface area contributed by atoms with Gasteiger partial charge in [-0.2, -0.15) is 11.8 Å². The second kappa shape index (κ2) is 8.79. The minimum Gasteiger partial charge on any atom is -0.342 e. The molecule has 2 aromatic rings. The molecule has 2 bridgehead atoms. The first-order valence-corrected chi connectivity index (χ1v) is 11.9. The summed E-state index contributed by atoms with van der Waals surface area (Å²) in [5.74, 6) is 2.04. The fraction of sp³-hybridized carbons (Fsp3) is 0.545. The number of hydrogen-bond donors (Lipinski definition) is 1. The maximum Gasteiger partial charge on any atom is 0.250 e. The van der Waals surface area contributed by atoms with Gasteiger partial charge in [0, 0.05) is 48.7 Å². The summed E-state index contributed by atoms with van der Waals surface area (Å²) in [4.78, 5) is 36.7. The number of likely N-dealkylation sites (tertiary alicyclic amines) is 1. The Kier molecular flexibility index (Phi) is 6.13. The lowest BCUT2D eigenvalue weighted by molar-refractivity contribution is -0.134. The predicted molar refractivity (Wildman–Crippen MR) is 120 cm³/mol. The summed E-state index contributed by atoms with van der Waals surface area (Å²) in [7, 11) is 0. The number of nitrogens with zero attached hydrogens (tertiary/aromatic N) is 4. The highest BCUT2D eigenvalue weighted by molar-refractivity contribution is 7.98. The number of amides is 1. The highest BCUT2D eigenvalue weighted by atomic mass is 32.2. The SMILES string of the molecule is CSCC[C@@H](Nc1nc(C)cc(C)n1)C(=O)N1C[C@@H]2C[C@H](C1)c1cccc(=O)n1C2. The number of carbonyl (C=O) groups excluding carboxylic acids is 1. The Morgan fingerprint density at radius 1 is 1.23 bits per heavy atom. The van der Waals surface area contributed by atoms with Crippen LogP contribution in [0.5, 0.6) is 0 Å². The lowest BCUT2D eigenvalue weighted by Gasteiger charge is -2.43. The van der Waals surface area contributed by atoms with E-state index in [1.807, 2.05) is 41.5 Å². The van der Waals surface area contributed by atoms with Crippen LogP contribution >= 0.6 is 11.8 Å². The molecule has 30 heavy (non-hydrogen) atoms. The third-order valence-corrected chi connectivity index (χ3v) is 6.63. The average Bonchev–Trinajstić information content (AvgIpc) is 2.70. The summed E-state index contributed by atoms with van der Waals surface area (Å²) in [6.07, 6.45) is 3.81. The van der Waals surface area contributed by atoms with Crippen LogP contribution in [0.2, 0.25) is 0 Å². The van der Waals surface area contributed by atoms with E-state index in [1.54, 1.807) is 17.8 Å². The number of pyridine rings is 1. The van der Waals surface area contributed by atoms with Crippen molar-refractivity contribution in [3.63, 3.8) is 0 Å². The standard InChI is InChI=1S/C22H29N5O2S/c1-14-9-15(2)24-22(23-14)25-18(7-8-30-3)21(29)26-11-16-10-17(13-26)19-5-4-6-20(28)27(19)12-16/h4-6,9,16-18H,7-8,10-13H2,1-3H3,(H,23,24,25)/t16-,17+,18+/m0/s1. The van der Waals surface area contributed by atoms with Gasteiger partial charge in [-0.05, 0) is 56.7 Å². The summed E-state index contributed by atoms with van der Waals surface area (Å²) < 4.78 is 1.90. The van der Waals surface area contributed by atoms with E-state index in [4.69, 9.17) is 0 Å². The summed E-state index contributed by atoms with van der Waals surface area (Å²) >= 11 is 1.73. The number of piperidine rings is 1. The van der Waals surface area contributed by atoms with Gasteiger partial charge in [-0.25, -0.2) is 9.97 Å². The van der Waals surface area contributed by atoms with Crippen molar-refractivity contribution in [3.05, 3.63) is 51.7 Å². The van der Waals surface area contributed by atoms with Crippen molar-refractivity contribution in [2.24, 2.45) is 5.92 Å². The number of thioether (sulfide) groups is 1. The van der Waals surface area contributed by atoms with Gasteiger partial charge in [-0.1, -0.05) is 6.07 Å². The largest absolute Gasteiger partial charge is 0.342 e. The molecule has 0 spiro atoms. The quantitative estimate of drug-likeness (QED) is 0.763. The van der Waals surface area contributed by atoms with E-state index in [2.05, 4.69) is 21.5 Å². The Hall–Kier alpha value is -2.35. The Morgan fingerprint density at radius 2 is 2.00 bits per heavy atom. The van der Waals surface area contributed by atoms with E-state index in [1.165, 1.54) is 0 Å². The lowest BCUT2D eigenvalue weighted by atomic mass is 9.83. The predicted octanol–water partition coefficient (Wildman–Crippen LogP) is 2.43. The summed E-state index contributed by atoms with van der Waals surface area (Å²) in [5, 5.41) is 3.30. The maximum absolute atomic E-state index is 13.5. The molecule has 1 saturated heterocycles. The van der Waals surface area contributed by atoms with Crippen LogP contribution in [0, 0.1) is 19.8 Å². The molecule has 0 aliphatic carbocycles. The van der Waals surface area contributed by atoms with Crippen LogP contribution in [0.3, 0.4) is 0 Å². The highest BCUT2D eigenvalue weighted by Gasteiger charge is 2.38. The van der Waals surface area contributed by atoms with Crippen molar-refractivity contribution >= 4 is 23.6 Å². The molecule has 0 radical (unpaired) electrons. The maximum atomic E-state index is 13.5. The molecule has 2 aliphatic heterocycles. The number of rotatable bonds is 6. The smallest absolute Gasteiger partial charge is 0.250 e. The summed E-state index contributed by atoms with van der Waals surface area (Å²) in [6, 6.07) is 7.06. The van der Waals surface area contributed by atoms with E-state index in [9.17, 15) is 9.59 Å². The van der Waals surface area contributed by atoms with Crippen molar-refractivity contribution in [1.82, 2.24) is 19.4 Å². The first-order chi connectivity index (χ1) is 14.4. The minimum absolute atomic E-state index is 0.0634. The zero-order chi connectivity index (χ0) is 21.3. The zero-order valence-corrected chi connectivity index (χ0v) is 18.6. The van der Waals surface area contributed by atoms with E-state index in [0.717, 1.165) is 35.7 Å². The molecule has 4 heterocycles. The number of anilines is 1. The first kappa shape index (κ1) is 20.9. The van der Waals surface area contributed by atoms with Crippen LogP contribution in [0.4, 0.5) is 5.95 Å². The van der Waals surface area contributed by atoms with Crippen molar-refractivity contribution in [1.29, 1.82) is 0 Å². The van der Waals surface area contributed by atoms with Crippen LogP contribution < -0.4 is 10.9 Å². The Balaban J connectivity index is 1.54. The van der Waals surface area contributed by atoms with Gasteiger partial charge in [0.25, 0.3) is 5.56 Å². The Labute approximate surface area is 181 Å². The van der Waals surface area contributed by atoms with Crippen molar-refractivity contribution in [2.45, 2.75) is 45.2 Å². The van der Waals surface area contributed by atoms with Gasteiger partial charge in [0.05, 0.1) is 0 Å². The lowest BCUT2D eigenvalue weighted by Crippen LogP contribution is -2.53. The molecule has 160 valence electrons. The highest BCUT2D eigenvalue weighted by Crippen LogP contribution is 2.35. The third kappa shape index (κ3) is 4.38. The summed E-state index contributed by atoms with van der Waals surface area (Å²) in [6.45, 7) is 5.91. The molecule has 0 saturated carbocycles. The van der Waals surface area contributed by atoms with Crippen molar-refractivity contribution in [3.8, 4) is 0 Å². The Bertz CT molecular complexity index is 971. The van der Waals surface area contributed by atoms with Crippen LogP contribution in [-0.4, -0.2) is 56.5 Å². The average molecular weight is 428 g/mol. The van der Waals surface area contributed by atoms with Gasteiger partial charge < -0.3 is 14.8 Å². The molecule has 4 rings (SSSR count). The van der Waals surface area contributed by atoms with Gasteiger partial charge in [0.15, 0.2) is 0 Å². The van der Waals surface area contributed by atoms with Gasteiger partial charge in [-0.15, -0.1) is 0 Å². The van der Waals surface area contributed by atoms with Gasteiger partial charge in [0.2, 0.25) is 11.9 Å². The second-order valence-electron chi connectivity index (χ2n) is 8.39. The topological polar surface area (TPSA) is 80.1 Å². The fourth-order valence-electron chi connectivity index (χ4n) is 4.74. The number of hydrogen-bond acceptors (Lipinski definition) is 6. The molecule has 2 aromatic heterocycles. The fourth-order valence-corrected chi connectivity index (χ4v) is 5.21. The second-order valence-corrected chi connectivity index (χ2v) is 9.38. The van der Waals surface area contributed by atoms with E-state index in [0.29, 0.717) is 31.5 Å². The number of aryl methyl sites for hydroxylation is 2. The molecular formula is C22H29N5O2S. The number of fused-ring (bicyclic) bond motifs is 4. The van der Waals surface area contributed by atoms with Crippen LogP contribution in [0.25, 0.3) is 0 Å². The van der Waals surface area contributed by atoms with Crippen molar-refractivity contribution in [2.75, 3.05) is 30.4 Å². The van der Waals surface area contributed by atoms with E-state index >= 15 is 0 Å². The molecular weight excluding hydrogens is 398 g/mol. The molecule has 8 heteroatoms. The van der Waals surface area contributed by atoms with E-state index in [-0.39, 0.29) is 23.4 Å². The molecule has 3 atom stereocenters. The van der Waals surface area contributed by atoms with Crippen LogP contribution in [-0.2, 0) is 11.3 Å². The zero-order valence-electron chi connectivity index (χ0n) is 17.8. The normalized spacial score (nSPS) is 21.1. The summed E-state index contributed by atoms with van der Waals surface area (Å²) in [5.41, 5.74) is 2.89. The monoisotopic (exact) mass is 427 g/mol. The molecule has 2 aliphatic rings. The van der Waals surface area contributed by atoms with Crippen LogP contribution in [0.1, 0.15) is 35.8 Å². The first-order valence-electron chi connectivity index (χ1n) is 10.5. The Morgan fingerprint density at radius 3 is 2.73 bits per heavy atom. The van der Waals surface area contributed by atoms with Gasteiger partial charge >= 0.3 is 0 Å².